The van der Waals surface area contributed by atoms with Crippen LogP contribution in [0.25, 0.3) is 10.9 Å². The summed E-state index contributed by atoms with van der Waals surface area (Å²) in [6.07, 6.45) is 1.70. The minimum atomic E-state index is -0.495. The molecule has 3 aromatic rings. The van der Waals surface area contributed by atoms with Gasteiger partial charge in [0.15, 0.2) is 5.75 Å². The number of fused-ring (bicyclic) bond motifs is 2. The van der Waals surface area contributed by atoms with Crippen LogP contribution in [0.2, 0.25) is 0 Å². The lowest BCUT2D eigenvalue weighted by atomic mass is 10.1. The van der Waals surface area contributed by atoms with Crippen molar-refractivity contribution in [3.05, 3.63) is 65.9 Å². The molecule has 0 bridgehead atoms. The van der Waals surface area contributed by atoms with E-state index in [2.05, 4.69) is 4.98 Å². The lowest BCUT2D eigenvalue weighted by Crippen LogP contribution is -2.38. The molecule has 1 aliphatic rings. The average Bonchev–Trinajstić information content (AvgIpc) is 2.71. The summed E-state index contributed by atoms with van der Waals surface area (Å²) >= 11 is 0. The summed E-state index contributed by atoms with van der Waals surface area (Å²) in [4.78, 5) is 31.2. The number of aromatic nitrogens is 1. The molecule has 6 nitrogen and oxygen atoms in total. The van der Waals surface area contributed by atoms with Gasteiger partial charge in [-0.2, -0.15) is 0 Å². The Balaban J connectivity index is 1.81. The number of methoxy groups -OCH3 is 1. The van der Waals surface area contributed by atoms with Crippen molar-refractivity contribution in [1.82, 2.24) is 4.98 Å². The first-order valence-electron chi connectivity index (χ1n) is 8.20. The van der Waals surface area contributed by atoms with Crippen LogP contribution in [-0.2, 0) is 4.74 Å². The predicted molar refractivity (Wildman–Crippen MR) is 96.7 cm³/mol. The third-order valence-corrected chi connectivity index (χ3v) is 4.37. The number of ether oxygens (including phenoxy) is 2. The second-order valence-corrected chi connectivity index (χ2v) is 5.83. The van der Waals surface area contributed by atoms with E-state index in [0.29, 0.717) is 35.7 Å². The molecule has 2 heterocycles. The molecule has 6 heteroatoms. The number of hydrogen-bond donors (Lipinski definition) is 0. The Hall–Kier alpha value is -3.41. The highest BCUT2D eigenvalue weighted by Gasteiger charge is 2.29. The van der Waals surface area contributed by atoms with Crippen molar-refractivity contribution in [2.75, 3.05) is 25.2 Å². The molecule has 1 aromatic heterocycles. The Kier molecular flexibility index (Phi) is 4.01. The van der Waals surface area contributed by atoms with Gasteiger partial charge in [-0.3, -0.25) is 9.78 Å². The van der Waals surface area contributed by atoms with E-state index in [9.17, 15) is 9.59 Å². The number of esters is 1. The van der Waals surface area contributed by atoms with Crippen molar-refractivity contribution in [3.63, 3.8) is 0 Å². The normalized spacial score (nSPS) is 13.0. The number of amides is 1. The number of anilines is 1. The first kappa shape index (κ1) is 16.1. The average molecular weight is 348 g/mol. The Morgan fingerprint density at radius 2 is 1.88 bits per heavy atom. The largest absolute Gasteiger partial charge is 0.489 e. The van der Waals surface area contributed by atoms with Gasteiger partial charge in [0.05, 0.1) is 24.9 Å². The maximum atomic E-state index is 13.3. The Morgan fingerprint density at radius 3 is 2.73 bits per heavy atom. The Morgan fingerprint density at radius 1 is 1.08 bits per heavy atom. The highest BCUT2D eigenvalue weighted by atomic mass is 16.5. The van der Waals surface area contributed by atoms with E-state index < -0.39 is 5.97 Å². The first-order chi connectivity index (χ1) is 12.7. The summed E-state index contributed by atoms with van der Waals surface area (Å²) in [5, 5.41) is 0.789. The fourth-order valence-electron chi connectivity index (χ4n) is 3.17. The summed E-state index contributed by atoms with van der Waals surface area (Å²) < 4.78 is 10.5. The summed E-state index contributed by atoms with van der Waals surface area (Å²) in [5.41, 5.74) is 2.19. The molecule has 1 aliphatic heterocycles. The molecule has 0 aliphatic carbocycles. The molecule has 0 saturated carbocycles. The van der Waals surface area contributed by atoms with Gasteiger partial charge >= 0.3 is 5.97 Å². The monoisotopic (exact) mass is 348 g/mol. The topological polar surface area (TPSA) is 68.7 Å². The van der Waals surface area contributed by atoms with Crippen LogP contribution in [0.5, 0.6) is 5.75 Å². The molecular formula is C20H16N2O4. The van der Waals surface area contributed by atoms with E-state index in [-0.39, 0.29) is 5.91 Å². The van der Waals surface area contributed by atoms with E-state index in [0.717, 1.165) is 10.9 Å². The van der Waals surface area contributed by atoms with Crippen molar-refractivity contribution in [3.8, 4) is 5.75 Å². The number of para-hydroxylation sites is 1. The summed E-state index contributed by atoms with van der Waals surface area (Å²) in [5.74, 6) is -0.280. The van der Waals surface area contributed by atoms with Gasteiger partial charge in [-0.25, -0.2) is 4.79 Å². The molecule has 2 aromatic carbocycles. The zero-order valence-corrected chi connectivity index (χ0v) is 14.1. The smallest absolute Gasteiger partial charge is 0.341 e. The Labute approximate surface area is 150 Å². The molecule has 4 rings (SSSR count). The zero-order chi connectivity index (χ0) is 18.1. The van der Waals surface area contributed by atoms with Crippen molar-refractivity contribution in [2.45, 2.75) is 0 Å². The van der Waals surface area contributed by atoms with Crippen molar-refractivity contribution in [2.24, 2.45) is 0 Å². The van der Waals surface area contributed by atoms with Crippen LogP contribution >= 0.6 is 0 Å². The number of hydrogen-bond acceptors (Lipinski definition) is 5. The van der Waals surface area contributed by atoms with Gasteiger partial charge in [0.1, 0.15) is 12.2 Å². The van der Waals surface area contributed by atoms with E-state index in [1.807, 2.05) is 24.3 Å². The molecule has 0 radical (unpaired) electrons. The van der Waals surface area contributed by atoms with E-state index in [4.69, 9.17) is 9.47 Å². The SMILES string of the molecule is COC(=O)c1cccc2c1OCCN2C(=O)c1cccc2ncccc12. The molecule has 0 spiro atoms. The maximum absolute atomic E-state index is 13.3. The van der Waals surface area contributed by atoms with Crippen molar-refractivity contribution >= 4 is 28.5 Å². The van der Waals surface area contributed by atoms with Gasteiger partial charge in [0.2, 0.25) is 0 Å². The van der Waals surface area contributed by atoms with Crippen LogP contribution in [0.15, 0.2) is 54.7 Å². The fourth-order valence-corrected chi connectivity index (χ4v) is 3.17. The van der Waals surface area contributed by atoms with Crippen LogP contribution in [0.1, 0.15) is 20.7 Å². The number of carbonyl (C=O) groups is 2. The highest BCUT2D eigenvalue weighted by Crippen LogP contribution is 2.36. The molecular weight excluding hydrogens is 332 g/mol. The van der Waals surface area contributed by atoms with E-state index >= 15 is 0 Å². The minimum Gasteiger partial charge on any atom is -0.489 e. The standard InChI is InChI=1S/C20H16N2O4/c1-25-20(24)15-6-3-9-17-18(15)26-12-11-22(17)19(23)14-5-2-8-16-13(14)7-4-10-21-16/h2-10H,11-12H2,1H3. The maximum Gasteiger partial charge on any atom is 0.341 e. The molecule has 0 unspecified atom stereocenters. The summed E-state index contributed by atoms with van der Waals surface area (Å²) in [6, 6.07) is 14.3. The van der Waals surface area contributed by atoms with Gasteiger partial charge < -0.3 is 14.4 Å². The van der Waals surface area contributed by atoms with Crippen LogP contribution < -0.4 is 9.64 Å². The van der Waals surface area contributed by atoms with Gasteiger partial charge in [0.25, 0.3) is 5.91 Å². The number of pyridine rings is 1. The fraction of sp³-hybridized carbons (Fsp3) is 0.150. The van der Waals surface area contributed by atoms with Gasteiger partial charge in [-0.15, -0.1) is 0 Å². The third-order valence-electron chi connectivity index (χ3n) is 4.37. The van der Waals surface area contributed by atoms with Crippen molar-refractivity contribution < 1.29 is 19.1 Å². The van der Waals surface area contributed by atoms with Crippen LogP contribution in [0.4, 0.5) is 5.69 Å². The number of benzene rings is 2. The van der Waals surface area contributed by atoms with Gasteiger partial charge in [0, 0.05) is 17.1 Å². The van der Waals surface area contributed by atoms with E-state index in [1.54, 1.807) is 35.4 Å². The third kappa shape index (κ3) is 2.56. The van der Waals surface area contributed by atoms with Crippen LogP contribution in [0, 0.1) is 0 Å². The molecule has 26 heavy (non-hydrogen) atoms. The van der Waals surface area contributed by atoms with Crippen LogP contribution in [-0.4, -0.2) is 37.1 Å². The Bertz CT molecular complexity index is 1010. The van der Waals surface area contributed by atoms with Crippen molar-refractivity contribution in [1.29, 1.82) is 0 Å². The second kappa shape index (κ2) is 6.48. The van der Waals surface area contributed by atoms with Gasteiger partial charge in [-0.05, 0) is 30.3 Å². The molecule has 130 valence electrons. The number of carbonyl (C=O) groups excluding carboxylic acids is 2. The van der Waals surface area contributed by atoms with E-state index in [1.165, 1.54) is 7.11 Å². The quantitative estimate of drug-likeness (QED) is 0.666. The van der Waals surface area contributed by atoms with Gasteiger partial charge in [-0.1, -0.05) is 18.2 Å². The molecule has 0 saturated heterocycles. The van der Waals surface area contributed by atoms with Crippen LogP contribution in [0.3, 0.4) is 0 Å². The summed E-state index contributed by atoms with van der Waals surface area (Å²) in [7, 11) is 1.32. The minimum absolute atomic E-state index is 0.157. The summed E-state index contributed by atoms with van der Waals surface area (Å²) in [6.45, 7) is 0.697. The molecule has 0 atom stereocenters. The lowest BCUT2D eigenvalue weighted by Gasteiger charge is -2.30. The lowest BCUT2D eigenvalue weighted by molar-refractivity contribution is 0.0595. The molecule has 0 fully saturated rings. The zero-order valence-electron chi connectivity index (χ0n) is 14.1. The first-order valence-corrected chi connectivity index (χ1v) is 8.20. The number of nitrogens with zero attached hydrogens (tertiary/aromatic N) is 2. The predicted octanol–water partition coefficient (Wildman–Crippen LogP) is 3.06. The molecule has 0 N–H and O–H groups in total. The number of rotatable bonds is 2. The highest BCUT2D eigenvalue weighted by molar-refractivity contribution is 6.14. The second-order valence-electron chi connectivity index (χ2n) is 5.83. The molecule has 1 amide bonds.